The van der Waals surface area contributed by atoms with Gasteiger partial charge >= 0.3 is 0 Å². The van der Waals surface area contributed by atoms with E-state index in [4.69, 9.17) is 0 Å². The number of carbonyl (C=O) groups is 2. The monoisotopic (exact) mass is 453 g/mol. The Bertz CT molecular complexity index is 812. The molecule has 2 amide bonds. The largest absolute Gasteiger partial charge is 0.391 e. The Morgan fingerprint density at radius 1 is 1.00 bits per heavy atom. The molecule has 4 aliphatic carbocycles. The van der Waals surface area contributed by atoms with Gasteiger partial charge in [0.1, 0.15) is 6.04 Å². The van der Waals surface area contributed by atoms with Gasteiger partial charge in [-0.05, 0) is 74.2 Å². The molecule has 6 nitrogen and oxygen atoms in total. The Morgan fingerprint density at radius 3 is 2.12 bits per heavy atom. The van der Waals surface area contributed by atoms with E-state index in [0.29, 0.717) is 19.5 Å². The molecule has 6 rings (SSSR count). The van der Waals surface area contributed by atoms with Gasteiger partial charge in [0.25, 0.3) is 0 Å². The number of benzene rings is 1. The number of carbonyl (C=O) groups excluding carboxylic acids is 2. The summed E-state index contributed by atoms with van der Waals surface area (Å²) in [4.78, 5) is 30.5. The second-order valence-corrected chi connectivity index (χ2v) is 11.5. The van der Waals surface area contributed by atoms with Gasteiger partial charge in [-0.15, -0.1) is 0 Å². The van der Waals surface area contributed by atoms with E-state index >= 15 is 0 Å². The Labute approximate surface area is 197 Å². The minimum absolute atomic E-state index is 0.0566. The first-order chi connectivity index (χ1) is 15.9. The lowest BCUT2D eigenvalue weighted by molar-refractivity contribution is -0.142. The molecule has 5 aliphatic rings. The zero-order chi connectivity index (χ0) is 23.0. The van der Waals surface area contributed by atoms with E-state index in [9.17, 15) is 14.7 Å². The molecule has 180 valence electrons. The summed E-state index contributed by atoms with van der Waals surface area (Å²) in [5.41, 5.74) is 1.41. The van der Waals surface area contributed by atoms with Crippen LogP contribution in [-0.2, 0) is 16.1 Å². The van der Waals surface area contributed by atoms with Gasteiger partial charge < -0.3 is 15.3 Å². The summed E-state index contributed by atoms with van der Waals surface area (Å²) in [6.07, 6.45) is 7.18. The average molecular weight is 454 g/mol. The maximum Gasteiger partial charge on any atom is 0.247 e. The van der Waals surface area contributed by atoms with Crippen molar-refractivity contribution in [2.45, 2.75) is 70.6 Å². The Balaban J connectivity index is 1.15. The molecule has 5 fully saturated rings. The molecule has 4 bridgehead atoms. The van der Waals surface area contributed by atoms with Gasteiger partial charge in [-0.2, -0.15) is 0 Å². The highest BCUT2D eigenvalue weighted by atomic mass is 16.3. The van der Waals surface area contributed by atoms with Crippen molar-refractivity contribution < 1.29 is 14.7 Å². The fourth-order valence-electron chi connectivity index (χ4n) is 7.62. The molecular weight excluding hydrogens is 414 g/mol. The third kappa shape index (κ3) is 5.12. The van der Waals surface area contributed by atoms with Crippen LogP contribution in [0.3, 0.4) is 0 Å². The maximum atomic E-state index is 13.2. The molecular formula is C27H39N3O3. The van der Waals surface area contributed by atoms with E-state index in [1.54, 1.807) is 6.92 Å². The molecule has 6 heteroatoms. The van der Waals surface area contributed by atoms with Crippen LogP contribution >= 0.6 is 0 Å². The number of aliphatic hydroxyl groups excluding tert-OH is 1. The summed E-state index contributed by atoms with van der Waals surface area (Å²) >= 11 is 0. The van der Waals surface area contributed by atoms with Crippen LogP contribution in [0.25, 0.3) is 0 Å². The van der Waals surface area contributed by atoms with E-state index in [-0.39, 0.29) is 17.2 Å². The van der Waals surface area contributed by atoms with Gasteiger partial charge in [-0.1, -0.05) is 30.3 Å². The van der Waals surface area contributed by atoms with Crippen molar-refractivity contribution >= 4 is 11.8 Å². The number of rotatable bonds is 7. The van der Waals surface area contributed by atoms with Gasteiger partial charge in [0.15, 0.2) is 0 Å². The highest BCUT2D eigenvalue weighted by molar-refractivity contribution is 5.88. The fraction of sp³-hybridized carbons (Fsp3) is 0.704. The predicted molar refractivity (Wildman–Crippen MR) is 127 cm³/mol. The highest BCUT2D eigenvalue weighted by Gasteiger charge is 2.51. The van der Waals surface area contributed by atoms with Crippen LogP contribution in [0.1, 0.15) is 57.4 Å². The molecule has 33 heavy (non-hydrogen) atoms. The van der Waals surface area contributed by atoms with E-state index < -0.39 is 12.1 Å². The van der Waals surface area contributed by atoms with Crippen LogP contribution in [0.4, 0.5) is 0 Å². The van der Waals surface area contributed by atoms with Crippen LogP contribution in [0, 0.1) is 23.2 Å². The molecule has 1 aromatic rings. The molecule has 0 aromatic heterocycles. The molecule has 1 saturated heterocycles. The number of hydrogen-bond acceptors (Lipinski definition) is 4. The van der Waals surface area contributed by atoms with Gasteiger partial charge in [-0.3, -0.25) is 14.5 Å². The highest BCUT2D eigenvalue weighted by Crippen LogP contribution is 2.61. The van der Waals surface area contributed by atoms with Crippen molar-refractivity contribution in [1.82, 2.24) is 15.1 Å². The molecule has 2 atom stereocenters. The lowest BCUT2D eigenvalue weighted by atomic mass is 9.49. The van der Waals surface area contributed by atoms with Crippen molar-refractivity contribution in [3.05, 3.63) is 35.9 Å². The van der Waals surface area contributed by atoms with E-state index in [1.807, 2.05) is 11.0 Å². The van der Waals surface area contributed by atoms with Crippen LogP contribution in [0.2, 0.25) is 0 Å². The number of nitrogens with one attached hydrogen (secondary N) is 1. The Kier molecular flexibility index (Phi) is 6.49. The topological polar surface area (TPSA) is 72.9 Å². The number of aliphatic hydroxyl groups is 1. The van der Waals surface area contributed by atoms with Crippen molar-refractivity contribution in [1.29, 1.82) is 0 Å². The minimum atomic E-state index is -0.903. The quantitative estimate of drug-likeness (QED) is 0.666. The minimum Gasteiger partial charge on any atom is -0.391 e. The van der Waals surface area contributed by atoms with Crippen LogP contribution < -0.4 is 5.32 Å². The number of piperazine rings is 1. The van der Waals surface area contributed by atoms with E-state index in [2.05, 4.69) is 34.5 Å². The lowest BCUT2D eigenvalue weighted by Crippen LogP contribution is -2.58. The van der Waals surface area contributed by atoms with Gasteiger partial charge in [0, 0.05) is 39.1 Å². The van der Waals surface area contributed by atoms with E-state index in [1.165, 1.54) is 44.1 Å². The molecule has 1 aliphatic heterocycles. The molecule has 0 radical (unpaired) electrons. The Hall–Kier alpha value is -1.92. The van der Waals surface area contributed by atoms with Gasteiger partial charge in [0.05, 0.1) is 6.10 Å². The second-order valence-electron chi connectivity index (χ2n) is 11.5. The average Bonchev–Trinajstić information content (AvgIpc) is 2.77. The summed E-state index contributed by atoms with van der Waals surface area (Å²) in [5.74, 6) is 2.18. The third-order valence-electron chi connectivity index (χ3n) is 8.70. The summed E-state index contributed by atoms with van der Waals surface area (Å²) in [6, 6.07) is 9.52. The predicted octanol–water partition coefficient (Wildman–Crippen LogP) is 2.80. The number of amides is 2. The fourth-order valence-corrected chi connectivity index (χ4v) is 7.62. The van der Waals surface area contributed by atoms with Crippen molar-refractivity contribution in [3.8, 4) is 0 Å². The smallest absolute Gasteiger partial charge is 0.247 e. The SMILES string of the molecule is C[C@@H](O)[C@@H](NC(=O)CC12CC3CC(CC(C3)C1)C2)C(=O)N1CCN(Cc2ccccc2)CC1. The van der Waals surface area contributed by atoms with Gasteiger partial charge in [0.2, 0.25) is 11.8 Å². The Morgan fingerprint density at radius 2 is 1.58 bits per heavy atom. The zero-order valence-corrected chi connectivity index (χ0v) is 19.9. The molecule has 0 spiro atoms. The van der Waals surface area contributed by atoms with Crippen LogP contribution in [0.15, 0.2) is 30.3 Å². The first kappa shape index (κ1) is 22.9. The molecule has 1 heterocycles. The van der Waals surface area contributed by atoms with Crippen molar-refractivity contribution in [2.75, 3.05) is 26.2 Å². The molecule has 0 unspecified atom stereocenters. The summed E-state index contributed by atoms with van der Waals surface area (Å²) in [5, 5.41) is 13.3. The number of nitrogens with zero attached hydrogens (tertiary/aromatic N) is 2. The zero-order valence-electron chi connectivity index (χ0n) is 19.9. The lowest BCUT2D eigenvalue weighted by Gasteiger charge is -2.56. The molecule has 1 aromatic carbocycles. The normalized spacial score (nSPS) is 33.0. The molecule has 4 saturated carbocycles. The summed E-state index contributed by atoms with van der Waals surface area (Å²) in [7, 11) is 0. The first-order valence-corrected chi connectivity index (χ1v) is 12.9. The molecule has 2 N–H and O–H groups in total. The first-order valence-electron chi connectivity index (χ1n) is 12.9. The standard InChI is InChI=1S/C27H39N3O3/c1-19(31)25(26(33)30-9-7-29(8-10-30)18-20-5-3-2-4-6-20)28-24(32)17-27-14-21-11-22(15-27)13-23(12-21)16-27/h2-6,19,21-23,25,31H,7-18H2,1H3,(H,28,32)/t19-,21?,22?,23?,25-,27?/m1/s1. The third-order valence-corrected chi connectivity index (χ3v) is 8.70. The van der Waals surface area contributed by atoms with Crippen molar-refractivity contribution in [3.63, 3.8) is 0 Å². The van der Waals surface area contributed by atoms with Crippen LogP contribution in [0.5, 0.6) is 0 Å². The number of hydrogen-bond donors (Lipinski definition) is 2. The van der Waals surface area contributed by atoms with Crippen molar-refractivity contribution in [2.24, 2.45) is 23.2 Å². The maximum absolute atomic E-state index is 13.2. The second kappa shape index (κ2) is 9.38. The summed E-state index contributed by atoms with van der Waals surface area (Å²) in [6.45, 7) is 5.34. The van der Waals surface area contributed by atoms with Gasteiger partial charge in [-0.25, -0.2) is 0 Å². The van der Waals surface area contributed by atoms with E-state index in [0.717, 1.165) is 37.4 Å². The summed E-state index contributed by atoms with van der Waals surface area (Å²) < 4.78 is 0. The van der Waals surface area contributed by atoms with Crippen LogP contribution in [-0.4, -0.2) is 65.0 Å².